The van der Waals surface area contributed by atoms with Crippen molar-refractivity contribution in [1.29, 1.82) is 0 Å². The van der Waals surface area contributed by atoms with Crippen molar-refractivity contribution in [1.82, 2.24) is 15.1 Å². The predicted molar refractivity (Wildman–Crippen MR) is 74.4 cm³/mol. The van der Waals surface area contributed by atoms with E-state index in [0.717, 1.165) is 29.1 Å². The summed E-state index contributed by atoms with van der Waals surface area (Å²) in [4.78, 5) is 0. The third-order valence-electron chi connectivity index (χ3n) is 2.87. The van der Waals surface area contributed by atoms with Gasteiger partial charge in [0.05, 0.1) is 35.1 Å². The highest BCUT2D eigenvalue weighted by Gasteiger charge is 2.29. The summed E-state index contributed by atoms with van der Waals surface area (Å²) in [5.41, 5.74) is 1.17. The molecule has 0 radical (unpaired) electrons. The minimum absolute atomic E-state index is 0.203. The molecule has 1 aliphatic heterocycles. The lowest BCUT2D eigenvalue weighted by Gasteiger charge is -2.31. The molecule has 0 bridgehead atoms. The molecule has 2 rings (SSSR count). The molecule has 2 unspecified atom stereocenters. The van der Waals surface area contributed by atoms with Crippen molar-refractivity contribution in [2.45, 2.75) is 19.1 Å². The fourth-order valence-corrected chi connectivity index (χ4v) is 3.59. The van der Waals surface area contributed by atoms with Crippen LogP contribution in [0.25, 0.3) is 0 Å². The lowest BCUT2D eigenvalue weighted by molar-refractivity contribution is 0.0449. The van der Waals surface area contributed by atoms with Gasteiger partial charge in [-0.15, -0.1) is 0 Å². The molecule has 0 aromatic carbocycles. The Bertz CT molecular complexity index is 346. The Balaban J connectivity index is 2.21. The topological polar surface area (TPSA) is 39.1 Å². The van der Waals surface area contributed by atoms with E-state index >= 15 is 0 Å². The van der Waals surface area contributed by atoms with E-state index in [4.69, 9.17) is 4.74 Å². The van der Waals surface area contributed by atoms with Crippen molar-refractivity contribution in [3.8, 4) is 0 Å². The highest BCUT2D eigenvalue weighted by Crippen LogP contribution is 2.29. The zero-order valence-electron chi connectivity index (χ0n) is 10.1. The van der Waals surface area contributed by atoms with Crippen LogP contribution in [0.3, 0.4) is 0 Å². The average molecular weight is 320 g/mol. The van der Waals surface area contributed by atoms with Crippen LogP contribution in [0.15, 0.2) is 10.7 Å². The molecule has 1 N–H and O–H groups in total. The molecule has 1 aromatic heterocycles. The number of hydrogen-bond donors (Lipinski definition) is 1. The number of rotatable bonds is 4. The fraction of sp³-hybridized carbons (Fsp3) is 0.727. The van der Waals surface area contributed by atoms with Gasteiger partial charge < -0.3 is 10.1 Å². The van der Waals surface area contributed by atoms with Gasteiger partial charge in [-0.3, -0.25) is 4.68 Å². The van der Waals surface area contributed by atoms with E-state index in [1.54, 1.807) is 0 Å². The van der Waals surface area contributed by atoms with Gasteiger partial charge in [0.15, 0.2) is 0 Å². The second kappa shape index (κ2) is 6.22. The molecule has 17 heavy (non-hydrogen) atoms. The van der Waals surface area contributed by atoms with Crippen LogP contribution in [0.1, 0.15) is 18.7 Å². The second-order valence-electron chi connectivity index (χ2n) is 4.02. The number of nitrogens with one attached hydrogen (secondary N) is 1. The van der Waals surface area contributed by atoms with Crippen LogP contribution in [-0.2, 0) is 11.8 Å². The lowest BCUT2D eigenvalue weighted by atomic mass is 10.1. The Morgan fingerprint density at radius 3 is 3.12 bits per heavy atom. The summed E-state index contributed by atoms with van der Waals surface area (Å²) in [5, 5.41) is 7.79. The Kier molecular flexibility index (Phi) is 4.90. The molecule has 96 valence electrons. The van der Waals surface area contributed by atoms with Crippen LogP contribution in [0.5, 0.6) is 0 Å². The summed E-state index contributed by atoms with van der Waals surface area (Å²) in [5.74, 6) is 2.14. The highest BCUT2D eigenvalue weighted by molar-refractivity contribution is 9.10. The fourth-order valence-electron chi connectivity index (χ4n) is 2.09. The average Bonchev–Trinajstić information content (AvgIpc) is 2.68. The number of thioether (sulfide) groups is 1. The van der Waals surface area contributed by atoms with Crippen LogP contribution >= 0.6 is 27.7 Å². The number of likely N-dealkylation sites (N-methyl/N-ethyl adjacent to an activating group) is 1. The zero-order chi connectivity index (χ0) is 12.3. The van der Waals surface area contributed by atoms with Gasteiger partial charge in [-0.1, -0.05) is 6.92 Å². The van der Waals surface area contributed by atoms with E-state index in [-0.39, 0.29) is 12.1 Å². The third-order valence-corrected chi connectivity index (χ3v) is 4.50. The molecule has 6 heteroatoms. The van der Waals surface area contributed by atoms with Gasteiger partial charge in [0.2, 0.25) is 0 Å². The number of ether oxygens (including phenoxy) is 1. The van der Waals surface area contributed by atoms with Crippen LogP contribution in [0.2, 0.25) is 0 Å². The Hall–Kier alpha value is -0.0400. The summed E-state index contributed by atoms with van der Waals surface area (Å²) in [6, 6.07) is 0.203. The molecule has 0 aliphatic carbocycles. The Labute approximate surface area is 115 Å². The van der Waals surface area contributed by atoms with Gasteiger partial charge in [-0.25, -0.2) is 0 Å². The number of nitrogens with zero attached hydrogens (tertiary/aromatic N) is 2. The predicted octanol–water partition coefficient (Wildman–Crippen LogP) is 1.97. The van der Waals surface area contributed by atoms with E-state index in [2.05, 4.69) is 33.3 Å². The maximum Gasteiger partial charge on any atom is 0.0875 e. The summed E-state index contributed by atoms with van der Waals surface area (Å²) < 4.78 is 8.84. The van der Waals surface area contributed by atoms with Crippen molar-refractivity contribution in [3.63, 3.8) is 0 Å². The number of aryl methyl sites for hydroxylation is 1. The van der Waals surface area contributed by atoms with Gasteiger partial charge >= 0.3 is 0 Å². The maximum absolute atomic E-state index is 5.88. The van der Waals surface area contributed by atoms with Crippen molar-refractivity contribution < 1.29 is 4.74 Å². The van der Waals surface area contributed by atoms with Gasteiger partial charge in [0.25, 0.3) is 0 Å². The SMILES string of the molecule is CCNC(c1c(Br)cnn1C)C1CSCCO1. The minimum Gasteiger partial charge on any atom is -0.374 e. The Morgan fingerprint density at radius 2 is 2.59 bits per heavy atom. The zero-order valence-corrected chi connectivity index (χ0v) is 12.6. The summed E-state index contributed by atoms with van der Waals surface area (Å²) in [7, 11) is 1.97. The highest BCUT2D eigenvalue weighted by atomic mass is 79.9. The van der Waals surface area contributed by atoms with Crippen LogP contribution in [0.4, 0.5) is 0 Å². The molecule has 2 heterocycles. The van der Waals surface area contributed by atoms with Gasteiger partial charge in [-0.05, 0) is 22.5 Å². The maximum atomic E-state index is 5.88. The van der Waals surface area contributed by atoms with E-state index in [0.29, 0.717) is 0 Å². The van der Waals surface area contributed by atoms with E-state index in [1.807, 2.05) is 29.7 Å². The van der Waals surface area contributed by atoms with Crippen molar-refractivity contribution in [3.05, 3.63) is 16.4 Å². The van der Waals surface area contributed by atoms with Gasteiger partial charge in [0, 0.05) is 18.6 Å². The molecule has 2 atom stereocenters. The van der Waals surface area contributed by atoms with Crippen LogP contribution in [0, 0.1) is 0 Å². The molecular formula is C11H18BrN3OS. The van der Waals surface area contributed by atoms with Crippen LogP contribution in [-0.4, -0.2) is 40.5 Å². The smallest absolute Gasteiger partial charge is 0.0875 e. The summed E-state index contributed by atoms with van der Waals surface area (Å²) in [6.07, 6.45) is 2.07. The molecular weight excluding hydrogens is 302 g/mol. The largest absolute Gasteiger partial charge is 0.374 e. The Morgan fingerprint density at radius 1 is 1.76 bits per heavy atom. The first kappa shape index (κ1) is 13.4. The third kappa shape index (κ3) is 3.05. The standard InChI is InChI=1S/C11H18BrN3OS/c1-3-13-10(9-7-17-5-4-16-9)11-8(12)6-14-15(11)2/h6,9-10,13H,3-5,7H2,1-2H3. The van der Waals surface area contributed by atoms with E-state index < -0.39 is 0 Å². The van der Waals surface area contributed by atoms with E-state index in [9.17, 15) is 0 Å². The van der Waals surface area contributed by atoms with Crippen molar-refractivity contribution in [2.24, 2.45) is 7.05 Å². The monoisotopic (exact) mass is 319 g/mol. The molecule has 0 amide bonds. The quantitative estimate of drug-likeness (QED) is 0.921. The van der Waals surface area contributed by atoms with Crippen molar-refractivity contribution >= 4 is 27.7 Å². The van der Waals surface area contributed by atoms with Gasteiger partial charge in [-0.2, -0.15) is 16.9 Å². The molecule has 1 aromatic rings. The first-order valence-corrected chi connectivity index (χ1v) is 7.79. The van der Waals surface area contributed by atoms with Crippen molar-refractivity contribution in [2.75, 3.05) is 24.7 Å². The van der Waals surface area contributed by atoms with Gasteiger partial charge in [0.1, 0.15) is 0 Å². The lowest BCUT2D eigenvalue weighted by Crippen LogP contribution is -2.39. The minimum atomic E-state index is 0.203. The molecule has 0 spiro atoms. The molecule has 1 fully saturated rings. The first-order valence-electron chi connectivity index (χ1n) is 5.84. The summed E-state index contributed by atoms with van der Waals surface area (Å²) in [6.45, 7) is 3.88. The molecule has 4 nitrogen and oxygen atoms in total. The van der Waals surface area contributed by atoms with Crippen LogP contribution < -0.4 is 5.32 Å². The second-order valence-corrected chi connectivity index (χ2v) is 6.03. The molecule has 1 aliphatic rings. The molecule has 1 saturated heterocycles. The first-order chi connectivity index (χ1) is 8.24. The van der Waals surface area contributed by atoms with E-state index in [1.165, 1.54) is 5.69 Å². The number of hydrogen-bond acceptors (Lipinski definition) is 4. The normalized spacial score (nSPS) is 22.6. The number of halogens is 1. The summed E-state index contributed by atoms with van der Waals surface area (Å²) >= 11 is 5.52. The molecule has 0 saturated carbocycles. The number of aromatic nitrogens is 2.